The van der Waals surface area contributed by atoms with Crippen LogP contribution in [0.15, 0.2) is 11.1 Å². The van der Waals surface area contributed by atoms with Crippen LogP contribution in [0.2, 0.25) is 0 Å². The van der Waals surface area contributed by atoms with Crippen molar-refractivity contribution >= 4 is 11.6 Å². The summed E-state index contributed by atoms with van der Waals surface area (Å²) in [6, 6.07) is 0. The maximum atomic E-state index is 11.6. The monoisotopic (exact) mass is 178 g/mol. The Morgan fingerprint density at radius 2 is 1.85 bits per heavy atom. The molecule has 1 fully saturated rings. The largest absolute Gasteiger partial charge is 0.299 e. The normalized spacial score (nSPS) is 34.0. The van der Waals surface area contributed by atoms with Crippen molar-refractivity contribution in [1.82, 2.24) is 0 Å². The Bertz CT molecular complexity index is 325. The Balaban J connectivity index is 2.54. The maximum Gasteiger partial charge on any atom is 0.158 e. The lowest BCUT2D eigenvalue weighted by atomic mass is 9.72. The predicted molar refractivity (Wildman–Crippen MR) is 49.3 cm³/mol. The zero-order chi connectivity index (χ0) is 9.64. The van der Waals surface area contributed by atoms with Crippen LogP contribution in [-0.4, -0.2) is 11.6 Å². The highest BCUT2D eigenvalue weighted by molar-refractivity contribution is 6.02. The van der Waals surface area contributed by atoms with Crippen LogP contribution in [-0.2, 0) is 9.59 Å². The van der Waals surface area contributed by atoms with Crippen molar-refractivity contribution in [2.75, 3.05) is 0 Å². The van der Waals surface area contributed by atoms with Gasteiger partial charge in [-0.25, -0.2) is 0 Å². The maximum absolute atomic E-state index is 11.6. The zero-order valence-electron chi connectivity index (χ0n) is 8.14. The lowest BCUT2D eigenvalue weighted by Gasteiger charge is -2.29. The van der Waals surface area contributed by atoms with E-state index in [0.29, 0.717) is 18.6 Å². The van der Waals surface area contributed by atoms with Crippen molar-refractivity contribution in [3.05, 3.63) is 11.1 Å². The summed E-state index contributed by atoms with van der Waals surface area (Å²) in [5.41, 5.74) is 1.70. The number of fused-ring (bicyclic) bond motifs is 1. The number of ketones is 2. The summed E-state index contributed by atoms with van der Waals surface area (Å²) in [6.07, 6.45) is 2.73. The molecule has 0 aromatic heterocycles. The topological polar surface area (TPSA) is 34.1 Å². The Hall–Kier alpha value is -0.920. The molecule has 0 aliphatic heterocycles. The van der Waals surface area contributed by atoms with Crippen molar-refractivity contribution < 1.29 is 9.59 Å². The van der Waals surface area contributed by atoms with Gasteiger partial charge in [-0.2, -0.15) is 0 Å². The van der Waals surface area contributed by atoms with Crippen LogP contribution in [0.1, 0.15) is 39.5 Å². The van der Waals surface area contributed by atoms with Crippen molar-refractivity contribution in [3.8, 4) is 0 Å². The Morgan fingerprint density at radius 3 is 2.54 bits per heavy atom. The minimum atomic E-state index is -0.280. The molecule has 0 aromatic rings. The molecule has 2 aliphatic rings. The first-order valence-electron chi connectivity index (χ1n) is 4.82. The summed E-state index contributed by atoms with van der Waals surface area (Å²) >= 11 is 0. The fourth-order valence-corrected chi connectivity index (χ4v) is 2.57. The first-order chi connectivity index (χ1) is 6.05. The molecule has 0 bridgehead atoms. The molecule has 0 N–H and O–H groups in total. The summed E-state index contributed by atoms with van der Waals surface area (Å²) in [7, 11) is 0. The van der Waals surface area contributed by atoms with Crippen LogP contribution in [0.5, 0.6) is 0 Å². The van der Waals surface area contributed by atoms with E-state index in [0.717, 1.165) is 24.0 Å². The van der Waals surface area contributed by atoms with Gasteiger partial charge >= 0.3 is 0 Å². The molecule has 2 aliphatic carbocycles. The third kappa shape index (κ3) is 1.01. The molecule has 0 radical (unpaired) electrons. The summed E-state index contributed by atoms with van der Waals surface area (Å²) in [6.45, 7) is 3.86. The average Bonchev–Trinajstić information content (AvgIpc) is 2.39. The number of carbonyl (C=O) groups excluding carboxylic acids is 2. The van der Waals surface area contributed by atoms with E-state index < -0.39 is 0 Å². The summed E-state index contributed by atoms with van der Waals surface area (Å²) in [5, 5.41) is 0. The SMILES string of the molecule is CC1=C2CCC(=O)[C@@]2(C)CCC1=O. The van der Waals surface area contributed by atoms with Crippen molar-refractivity contribution in [2.45, 2.75) is 39.5 Å². The molecule has 0 amide bonds. The lowest BCUT2D eigenvalue weighted by molar-refractivity contribution is -0.125. The quantitative estimate of drug-likeness (QED) is 0.568. The van der Waals surface area contributed by atoms with Crippen LogP contribution >= 0.6 is 0 Å². The van der Waals surface area contributed by atoms with E-state index in [-0.39, 0.29) is 11.2 Å². The van der Waals surface area contributed by atoms with E-state index in [1.54, 1.807) is 0 Å². The molecular formula is C11H14O2. The van der Waals surface area contributed by atoms with Gasteiger partial charge in [0.2, 0.25) is 0 Å². The van der Waals surface area contributed by atoms with Crippen LogP contribution in [0.25, 0.3) is 0 Å². The van der Waals surface area contributed by atoms with Crippen LogP contribution in [0, 0.1) is 5.41 Å². The molecule has 1 atom stereocenters. The van der Waals surface area contributed by atoms with Crippen LogP contribution in [0.3, 0.4) is 0 Å². The van der Waals surface area contributed by atoms with Crippen molar-refractivity contribution in [3.63, 3.8) is 0 Å². The second-order valence-electron chi connectivity index (χ2n) is 4.28. The molecule has 0 saturated heterocycles. The number of hydrogen-bond donors (Lipinski definition) is 0. The molecule has 1 saturated carbocycles. The molecule has 70 valence electrons. The van der Waals surface area contributed by atoms with Crippen LogP contribution < -0.4 is 0 Å². The summed E-state index contributed by atoms with van der Waals surface area (Å²) < 4.78 is 0. The molecule has 2 nitrogen and oxygen atoms in total. The van der Waals surface area contributed by atoms with Gasteiger partial charge in [0, 0.05) is 18.3 Å². The van der Waals surface area contributed by atoms with E-state index in [1.165, 1.54) is 0 Å². The molecule has 0 spiro atoms. The smallest absolute Gasteiger partial charge is 0.158 e. The molecule has 0 aromatic carbocycles. The predicted octanol–water partition coefficient (Wildman–Crippen LogP) is 2.04. The minimum Gasteiger partial charge on any atom is -0.299 e. The average molecular weight is 178 g/mol. The zero-order valence-corrected chi connectivity index (χ0v) is 8.14. The molecular weight excluding hydrogens is 164 g/mol. The van der Waals surface area contributed by atoms with Gasteiger partial charge in [0.15, 0.2) is 5.78 Å². The number of allylic oxidation sites excluding steroid dienone is 2. The van der Waals surface area contributed by atoms with Gasteiger partial charge in [-0.1, -0.05) is 5.57 Å². The van der Waals surface area contributed by atoms with E-state index >= 15 is 0 Å². The first-order valence-corrected chi connectivity index (χ1v) is 4.82. The summed E-state index contributed by atoms with van der Waals surface area (Å²) in [4.78, 5) is 23.1. The van der Waals surface area contributed by atoms with Gasteiger partial charge in [-0.05, 0) is 32.3 Å². The first kappa shape index (κ1) is 8.67. The molecule has 13 heavy (non-hydrogen) atoms. The third-order valence-electron chi connectivity index (χ3n) is 3.61. The lowest BCUT2D eigenvalue weighted by Crippen LogP contribution is -2.29. The van der Waals surface area contributed by atoms with Gasteiger partial charge < -0.3 is 0 Å². The van der Waals surface area contributed by atoms with E-state index in [1.807, 2.05) is 13.8 Å². The Labute approximate surface area is 78.0 Å². The van der Waals surface area contributed by atoms with Crippen molar-refractivity contribution in [1.29, 1.82) is 0 Å². The van der Waals surface area contributed by atoms with Gasteiger partial charge in [-0.15, -0.1) is 0 Å². The standard InChI is InChI=1S/C11H14O2/c1-7-8-3-4-10(13)11(8,2)6-5-9(7)12/h3-6H2,1-2H3/t11-/m0/s1. The molecule has 2 rings (SSSR count). The fourth-order valence-electron chi connectivity index (χ4n) is 2.57. The number of rotatable bonds is 0. The van der Waals surface area contributed by atoms with Crippen LogP contribution in [0.4, 0.5) is 0 Å². The molecule has 0 heterocycles. The highest BCUT2D eigenvalue weighted by Crippen LogP contribution is 2.47. The van der Waals surface area contributed by atoms with Gasteiger partial charge in [0.1, 0.15) is 5.78 Å². The molecule has 2 heteroatoms. The van der Waals surface area contributed by atoms with E-state index in [2.05, 4.69) is 0 Å². The second-order valence-corrected chi connectivity index (χ2v) is 4.28. The van der Waals surface area contributed by atoms with E-state index in [9.17, 15) is 9.59 Å². The Morgan fingerprint density at radius 1 is 1.15 bits per heavy atom. The highest BCUT2D eigenvalue weighted by Gasteiger charge is 2.45. The number of carbonyl (C=O) groups is 2. The van der Waals surface area contributed by atoms with Gasteiger partial charge in [0.05, 0.1) is 0 Å². The summed E-state index contributed by atoms with van der Waals surface area (Å²) in [5.74, 6) is 0.566. The fraction of sp³-hybridized carbons (Fsp3) is 0.636. The number of Topliss-reactive ketones (excluding diaryl/α,β-unsaturated/α-hetero) is 2. The third-order valence-corrected chi connectivity index (χ3v) is 3.61. The number of hydrogen-bond acceptors (Lipinski definition) is 2. The minimum absolute atomic E-state index is 0.238. The second kappa shape index (κ2) is 2.53. The van der Waals surface area contributed by atoms with Crippen molar-refractivity contribution in [2.24, 2.45) is 5.41 Å². The Kier molecular flexibility index (Phi) is 1.69. The van der Waals surface area contributed by atoms with Gasteiger partial charge in [-0.3, -0.25) is 9.59 Å². The highest BCUT2D eigenvalue weighted by atomic mass is 16.1. The van der Waals surface area contributed by atoms with Gasteiger partial charge in [0.25, 0.3) is 0 Å². The van der Waals surface area contributed by atoms with E-state index in [4.69, 9.17) is 0 Å². The molecule has 0 unspecified atom stereocenters.